The molecule has 1 aliphatic rings. The van der Waals surface area contributed by atoms with E-state index in [0.717, 1.165) is 4.88 Å². The number of nitrogens with one attached hydrogen (secondary N) is 1. The van der Waals surface area contributed by atoms with Crippen molar-refractivity contribution in [3.8, 4) is 0 Å². The summed E-state index contributed by atoms with van der Waals surface area (Å²) < 4.78 is 5.06. The molecule has 82 valence electrons. The van der Waals surface area contributed by atoms with E-state index in [0.29, 0.717) is 0 Å². The Morgan fingerprint density at radius 1 is 1.73 bits per heavy atom. The van der Waals surface area contributed by atoms with Crippen LogP contribution in [0.4, 0.5) is 0 Å². The second kappa shape index (κ2) is 3.92. The van der Waals surface area contributed by atoms with Gasteiger partial charge >= 0.3 is 5.97 Å². The van der Waals surface area contributed by atoms with Crippen LogP contribution >= 0.6 is 11.3 Å². The topological polar surface area (TPSA) is 58.6 Å². The lowest BCUT2D eigenvalue weighted by molar-refractivity contribution is -0.186. The van der Waals surface area contributed by atoms with Crippen LogP contribution < -0.4 is 5.32 Å². The maximum Gasteiger partial charge on any atom is 0.316 e. The minimum Gasteiger partial charge on any atom is -0.481 e. The highest BCUT2D eigenvalue weighted by molar-refractivity contribution is 7.10. The van der Waals surface area contributed by atoms with Crippen molar-refractivity contribution in [1.29, 1.82) is 0 Å². The number of rotatable bonds is 4. The molecule has 1 unspecified atom stereocenters. The average Bonchev–Trinajstić information content (AvgIpc) is 2.62. The van der Waals surface area contributed by atoms with E-state index in [1.54, 1.807) is 18.4 Å². The van der Waals surface area contributed by atoms with Gasteiger partial charge in [-0.05, 0) is 18.5 Å². The van der Waals surface area contributed by atoms with Crippen molar-refractivity contribution >= 4 is 17.3 Å². The standard InChI is InChI=1S/C10H13NO3S/c1-11-8(7-3-2-4-15-7)10(9(12)13)5-14-6-10/h2-4,8,11H,5-6H2,1H3,(H,12,13). The van der Waals surface area contributed by atoms with Gasteiger partial charge in [-0.25, -0.2) is 0 Å². The highest BCUT2D eigenvalue weighted by Crippen LogP contribution is 2.42. The van der Waals surface area contributed by atoms with Crippen LogP contribution in [0, 0.1) is 5.41 Å². The highest BCUT2D eigenvalue weighted by atomic mass is 32.1. The molecule has 5 heteroatoms. The van der Waals surface area contributed by atoms with Gasteiger partial charge in [0.25, 0.3) is 0 Å². The van der Waals surface area contributed by atoms with Crippen LogP contribution in [-0.4, -0.2) is 31.3 Å². The maximum atomic E-state index is 11.3. The van der Waals surface area contributed by atoms with Gasteiger partial charge in [0.2, 0.25) is 0 Å². The molecule has 1 aromatic heterocycles. The molecule has 4 nitrogen and oxygen atoms in total. The molecule has 0 bridgehead atoms. The summed E-state index contributed by atoms with van der Waals surface area (Å²) in [6.07, 6.45) is 0. The summed E-state index contributed by atoms with van der Waals surface area (Å²) in [5.41, 5.74) is -0.792. The van der Waals surface area contributed by atoms with Crippen molar-refractivity contribution < 1.29 is 14.6 Å². The van der Waals surface area contributed by atoms with Crippen molar-refractivity contribution in [2.75, 3.05) is 20.3 Å². The van der Waals surface area contributed by atoms with Crippen LogP contribution in [0.25, 0.3) is 0 Å². The summed E-state index contributed by atoms with van der Waals surface area (Å²) in [5, 5.41) is 14.3. The fourth-order valence-corrected chi connectivity index (χ4v) is 2.83. The van der Waals surface area contributed by atoms with Gasteiger partial charge in [0.1, 0.15) is 5.41 Å². The van der Waals surface area contributed by atoms with Crippen molar-refractivity contribution in [3.05, 3.63) is 22.4 Å². The zero-order valence-electron chi connectivity index (χ0n) is 8.40. The van der Waals surface area contributed by atoms with E-state index in [-0.39, 0.29) is 19.3 Å². The van der Waals surface area contributed by atoms with Gasteiger partial charge in [0, 0.05) is 4.88 Å². The molecule has 0 radical (unpaired) electrons. The molecule has 0 saturated carbocycles. The fraction of sp³-hybridized carbons (Fsp3) is 0.500. The lowest BCUT2D eigenvalue weighted by Crippen LogP contribution is -2.56. The first-order valence-electron chi connectivity index (χ1n) is 4.72. The van der Waals surface area contributed by atoms with Gasteiger partial charge in [-0.2, -0.15) is 0 Å². The van der Waals surface area contributed by atoms with E-state index >= 15 is 0 Å². The van der Waals surface area contributed by atoms with E-state index in [1.807, 2.05) is 17.5 Å². The monoisotopic (exact) mass is 227 g/mol. The summed E-state index contributed by atoms with van der Waals surface area (Å²) in [6.45, 7) is 0.567. The van der Waals surface area contributed by atoms with Crippen molar-refractivity contribution in [1.82, 2.24) is 5.32 Å². The minimum absolute atomic E-state index is 0.163. The minimum atomic E-state index is -0.792. The highest BCUT2D eigenvalue weighted by Gasteiger charge is 2.53. The molecule has 0 spiro atoms. The SMILES string of the molecule is CNC(c1cccs1)C1(C(=O)O)COC1. The van der Waals surface area contributed by atoms with Crippen LogP contribution in [-0.2, 0) is 9.53 Å². The fourth-order valence-electron chi connectivity index (χ4n) is 1.88. The van der Waals surface area contributed by atoms with Gasteiger partial charge in [-0.15, -0.1) is 11.3 Å². The summed E-state index contributed by atoms with van der Waals surface area (Å²) in [6, 6.07) is 3.72. The molecule has 0 aromatic carbocycles. The number of aliphatic carboxylic acids is 1. The second-order valence-corrected chi connectivity index (χ2v) is 4.67. The summed E-state index contributed by atoms with van der Waals surface area (Å²) in [4.78, 5) is 12.3. The van der Waals surface area contributed by atoms with Crippen molar-refractivity contribution in [2.45, 2.75) is 6.04 Å². The third-order valence-electron chi connectivity index (χ3n) is 2.81. The molecular weight excluding hydrogens is 214 g/mol. The van der Waals surface area contributed by atoms with E-state index in [1.165, 1.54) is 0 Å². The van der Waals surface area contributed by atoms with Gasteiger partial charge < -0.3 is 15.2 Å². The second-order valence-electron chi connectivity index (χ2n) is 3.69. The first-order valence-corrected chi connectivity index (χ1v) is 5.60. The Labute approximate surface area is 91.9 Å². The number of carboxylic acids is 1. The first kappa shape index (κ1) is 10.6. The first-order chi connectivity index (χ1) is 7.20. The number of hydrogen-bond acceptors (Lipinski definition) is 4. The molecule has 1 aliphatic heterocycles. The molecule has 1 aromatic rings. The Kier molecular flexibility index (Phi) is 2.77. The molecule has 2 heterocycles. The molecule has 1 saturated heterocycles. The smallest absolute Gasteiger partial charge is 0.316 e. The van der Waals surface area contributed by atoms with Gasteiger partial charge in [-0.1, -0.05) is 6.07 Å². The Hall–Kier alpha value is -0.910. The molecule has 1 atom stereocenters. The Bertz CT molecular complexity index is 346. The van der Waals surface area contributed by atoms with Gasteiger partial charge in [0.15, 0.2) is 0 Å². The van der Waals surface area contributed by atoms with Crippen LogP contribution in [0.2, 0.25) is 0 Å². The summed E-state index contributed by atoms with van der Waals surface area (Å²) in [7, 11) is 1.79. The normalized spacial score (nSPS) is 20.6. The average molecular weight is 227 g/mol. The van der Waals surface area contributed by atoms with E-state index < -0.39 is 11.4 Å². The third kappa shape index (κ3) is 1.56. The van der Waals surface area contributed by atoms with Crippen LogP contribution in [0.3, 0.4) is 0 Å². The Balaban J connectivity index is 2.29. The van der Waals surface area contributed by atoms with Gasteiger partial charge in [0.05, 0.1) is 19.3 Å². The third-order valence-corrected chi connectivity index (χ3v) is 3.75. The predicted molar refractivity (Wildman–Crippen MR) is 57.0 cm³/mol. The molecule has 0 aliphatic carbocycles. The molecule has 0 amide bonds. The summed E-state index contributed by atoms with van der Waals surface area (Å²) >= 11 is 1.57. The van der Waals surface area contributed by atoms with Crippen LogP contribution in [0.15, 0.2) is 17.5 Å². The lowest BCUT2D eigenvalue weighted by Gasteiger charge is -2.42. The summed E-state index contributed by atoms with van der Waals surface area (Å²) in [5.74, 6) is -0.790. The van der Waals surface area contributed by atoms with E-state index in [2.05, 4.69) is 5.32 Å². The number of ether oxygens (including phenoxy) is 1. The van der Waals surface area contributed by atoms with Crippen LogP contribution in [0.1, 0.15) is 10.9 Å². The quantitative estimate of drug-likeness (QED) is 0.809. The van der Waals surface area contributed by atoms with E-state index in [4.69, 9.17) is 4.74 Å². The Morgan fingerprint density at radius 3 is 2.80 bits per heavy atom. The lowest BCUT2D eigenvalue weighted by atomic mass is 9.77. The number of carboxylic acid groups (broad SMARTS) is 1. The number of carbonyl (C=O) groups is 1. The van der Waals surface area contributed by atoms with E-state index in [9.17, 15) is 9.90 Å². The molecule has 2 N–H and O–H groups in total. The zero-order valence-corrected chi connectivity index (χ0v) is 9.21. The van der Waals surface area contributed by atoms with Crippen molar-refractivity contribution in [2.24, 2.45) is 5.41 Å². The number of thiophene rings is 1. The Morgan fingerprint density at radius 2 is 2.47 bits per heavy atom. The maximum absolute atomic E-state index is 11.3. The van der Waals surface area contributed by atoms with Crippen LogP contribution in [0.5, 0.6) is 0 Å². The molecular formula is C10H13NO3S. The van der Waals surface area contributed by atoms with Crippen molar-refractivity contribution in [3.63, 3.8) is 0 Å². The molecule has 1 fully saturated rings. The zero-order chi connectivity index (χ0) is 10.9. The number of hydrogen-bond donors (Lipinski definition) is 2. The largest absolute Gasteiger partial charge is 0.481 e. The molecule has 2 rings (SSSR count). The molecule has 15 heavy (non-hydrogen) atoms. The predicted octanol–water partition coefficient (Wildman–Crippen LogP) is 1.11. The van der Waals surface area contributed by atoms with Gasteiger partial charge in [-0.3, -0.25) is 4.79 Å².